The lowest BCUT2D eigenvalue weighted by molar-refractivity contribution is 1.47. The molecule has 0 spiro atoms. The summed E-state index contributed by atoms with van der Waals surface area (Å²) in [6.45, 7) is 0. The second kappa shape index (κ2) is 9.86. The molecule has 34 heavy (non-hydrogen) atoms. The molecule has 0 aromatic heterocycles. The molecule has 0 fully saturated rings. The van der Waals surface area contributed by atoms with Crippen LogP contribution in [0.25, 0.3) is 22.3 Å². The Balaban J connectivity index is 1.75. The van der Waals surface area contributed by atoms with E-state index in [9.17, 15) is 5.26 Å². The molecular weight excluding hydrogens is 410 g/mol. The van der Waals surface area contributed by atoms with Crippen LogP contribution in [0.2, 0.25) is 0 Å². The Labute approximate surface area is 200 Å². The molecule has 0 atom stereocenters. The first-order valence-corrected chi connectivity index (χ1v) is 11.4. The summed E-state index contributed by atoms with van der Waals surface area (Å²) in [7, 11) is 0. The second-order valence-electron chi connectivity index (χ2n) is 8.08. The van der Waals surface area contributed by atoms with E-state index in [2.05, 4.69) is 115 Å². The summed E-state index contributed by atoms with van der Waals surface area (Å²) in [5, 5.41) is 9.54. The van der Waals surface area contributed by atoms with Crippen LogP contribution < -0.4 is 0 Å². The van der Waals surface area contributed by atoms with E-state index in [0.29, 0.717) is 5.56 Å². The summed E-state index contributed by atoms with van der Waals surface area (Å²) in [5.74, 6) is 0. The predicted molar refractivity (Wildman–Crippen MR) is 141 cm³/mol. The van der Waals surface area contributed by atoms with E-state index < -0.39 is 0 Å². The Morgan fingerprint density at radius 2 is 0.794 bits per heavy atom. The van der Waals surface area contributed by atoms with Gasteiger partial charge in [0.25, 0.3) is 0 Å². The van der Waals surface area contributed by atoms with Gasteiger partial charge in [-0.05, 0) is 50.6 Å². The predicted octanol–water partition coefficient (Wildman–Crippen LogP) is 8.23. The molecule has 0 saturated heterocycles. The van der Waals surface area contributed by atoms with E-state index in [-0.39, 0.29) is 0 Å². The van der Waals surface area contributed by atoms with Gasteiger partial charge in [0.1, 0.15) is 0 Å². The number of hydrogen-bond donors (Lipinski definition) is 0. The summed E-state index contributed by atoms with van der Waals surface area (Å²) >= 11 is 0. The molecule has 160 valence electrons. The van der Waals surface area contributed by atoms with E-state index in [4.69, 9.17) is 0 Å². The molecule has 0 aliphatic heterocycles. The van der Waals surface area contributed by atoms with Gasteiger partial charge in [-0.15, -0.1) is 0 Å². The van der Waals surface area contributed by atoms with E-state index in [1.807, 2.05) is 30.3 Å². The highest BCUT2D eigenvalue weighted by Gasteiger charge is 2.16. The highest BCUT2D eigenvalue weighted by molar-refractivity contribution is 6.04. The molecule has 0 saturated carbocycles. The zero-order valence-electron chi connectivity index (χ0n) is 18.7. The molecule has 1 heteroatoms. The summed E-state index contributed by atoms with van der Waals surface area (Å²) in [6, 6.07) is 50.3. The fourth-order valence-corrected chi connectivity index (χ4v) is 4.37. The Morgan fingerprint density at radius 1 is 0.412 bits per heavy atom. The molecule has 0 aliphatic rings. The van der Waals surface area contributed by atoms with Crippen molar-refractivity contribution in [3.63, 3.8) is 0 Å². The van der Waals surface area contributed by atoms with Crippen LogP contribution in [-0.4, -0.2) is 0 Å². The lowest BCUT2D eigenvalue weighted by Gasteiger charge is -2.18. The van der Waals surface area contributed by atoms with E-state index in [0.717, 1.165) is 22.3 Å². The fourth-order valence-electron chi connectivity index (χ4n) is 4.37. The Morgan fingerprint density at radius 3 is 1.24 bits per heavy atom. The third-order valence-corrected chi connectivity index (χ3v) is 5.97. The minimum atomic E-state index is 0.684. The Bertz CT molecular complexity index is 1420. The SMILES string of the molecule is N#Cc1ccccc1-c1ccc(C(=C(c2ccccc2)c2ccccc2)c2ccccc2)cc1. The van der Waals surface area contributed by atoms with Crippen molar-refractivity contribution >= 4 is 11.1 Å². The zero-order valence-corrected chi connectivity index (χ0v) is 18.7. The third kappa shape index (κ3) is 4.31. The maximum absolute atomic E-state index is 9.54. The lowest BCUT2D eigenvalue weighted by atomic mass is 9.85. The number of hydrogen-bond acceptors (Lipinski definition) is 1. The fraction of sp³-hybridized carbons (Fsp3) is 0. The number of benzene rings is 5. The van der Waals surface area contributed by atoms with Crippen LogP contribution in [-0.2, 0) is 0 Å². The van der Waals surface area contributed by atoms with E-state index >= 15 is 0 Å². The van der Waals surface area contributed by atoms with Crippen LogP contribution in [0.3, 0.4) is 0 Å². The summed E-state index contributed by atoms with van der Waals surface area (Å²) in [6.07, 6.45) is 0. The van der Waals surface area contributed by atoms with Gasteiger partial charge >= 0.3 is 0 Å². The van der Waals surface area contributed by atoms with Crippen molar-refractivity contribution in [3.05, 3.63) is 167 Å². The first-order chi connectivity index (χ1) is 16.8. The van der Waals surface area contributed by atoms with Crippen LogP contribution in [0, 0.1) is 11.3 Å². The van der Waals surface area contributed by atoms with Crippen LogP contribution in [0.15, 0.2) is 140 Å². The van der Waals surface area contributed by atoms with Crippen molar-refractivity contribution in [2.45, 2.75) is 0 Å². The molecule has 5 aromatic rings. The topological polar surface area (TPSA) is 23.8 Å². The molecule has 0 bridgehead atoms. The maximum Gasteiger partial charge on any atom is 0.0998 e. The maximum atomic E-state index is 9.54. The van der Waals surface area contributed by atoms with Gasteiger partial charge < -0.3 is 0 Å². The second-order valence-corrected chi connectivity index (χ2v) is 8.08. The van der Waals surface area contributed by atoms with E-state index in [1.165, 1.54) is 22.3 Å². The van der Waals surface area contributed by atoms with Gasteiger partial charge in [0, 0.05) is 0 Å². The van der Waals surface area contributed by atoms with Crippen molar-refractivity contribution in [1.29, 1.82) is 5.26 Å². The van der Waals surface area contributed by atoms with Gasteiger partial charge in [0.2, 0.25) is 0 Å². The van der Waals surface area contributed by atoms with E-state index in [1.54, 1.807) is 0 Å². The molecule has 5 aromatic carbocycles. The van der Waals surface area contributed by atoms with Gasteiger partial charge in [-0.25, -0.2) is 0 Å². The Kier molecular flexibility index (Phi) is 6.14. The highest BCUT2D eigenvalue weighted by atomic mass is 14.2. The molecule has 0 N–H and O–H groups in total. The minimum absolute atomic E-state index is 0.684. The average Bonchev–Trinajstić information content (AvgIpc) is 2.93. The first kappa shape index (κ1) is 21.2. The number of nitriles is 1. The van der Waals surface area contributed by atoms with Crippen molar-refractivity contribution < 1.29 is 0 Å². The molecular formula is C33H23N. The molecule has 0 amide bonds. The summed E-state index contributed by atoms with van der Waals surface area (Å²) in [5.41, 5.74) is 9.68. The smallest absolute Gasteiger partial charge is 0.0998 e. The number of rotatable bonds is 5. The van der Waals surface area contributed by atoms with Gasteiger partial charge in [-0.2, -0.15) is 5.26 Å². The third-order valence-electron chi connectivity index (χ3n) is 5.97. The summed E-state index contributed by atoms with van der Waals surface area (Å²) < 4.78 is 0. The molecule has 0 aliphatic carbocycles. The quantitative estimate of drug-likeness (QED) is 0.256. The monoisotopic (exact) mass is 433 g/mol. The summed E-state index contributed by atoms with van der Waals surface area (Å²) in [4.78, 5) is 0. The van der Waals surface area contributed by atoms with Gasteiger partial charge in [0.15, 0.2) is 0 Å². The number of nitrogens with zero attached hydrogens (tertiary/aromatic N) is 1. The average molecular weight is 434 g/mol. The lowest BCUT2D eigenvalue weighted by Crippen LogP contribution is -1.97. The van der Waals surface area contributed by atoms with Crippen LogP contribution in [0.5, 0.6) is 0 Å². The van der Waals surface area contributed by atoms with Gasteiger partial charge in [-0.3, -0.25) is 0 Å². The van der Waals surface area contributed by atoms with Gasteiger partial charge in [0.05, 0.1) is 11.6 Å². The largest absolute Gasteiger partial charge is 0.192 e. The standard InChI is InChI=1S/C33H23N/c34-24-30-18-10-11-19-31(30)25-20-22-29(23-21-25)33(28-16-8-3-9-17-28)32(26-12-4-1-5-13-26)27-14-6-2-7-15-27/h1-23H. The molecule has 0 unspecified atom stereocenters. The van der Waals surface area contributed by atoms with Gasteiger partial charge in [-0.1, -0.05) is 133 Å². The van der Waals surface area contributed by atoms with Crippen molar-refractivity contribution in [3.8, 4) is 17.2 Å². The molecule has 0 radical (unpaired) electrons. The van der Waals surface area contributed by atoms with Crippen LogP contribution in [0.4, 0.5) is 0 Å². The molecule has 5 rings (SSSR count). The zero-order chi connectivity index (χ0) is 23.2. The van der Waals surface area contributed by atoms with Crippen LogP contribution in [0.1, 0.15) is 27.8 Å². The van der Waals surface area contributed by atoms with Crippen LogP contribution >= 0.6 is 0 Å². The van der Waals surface area contributed by atoms with Crippen molar-refractivity contribution in [2.24, 2.45) is 0 Å². The van der Waals surface area contributed by atoms with Crippen molar-refractivity contribution in [2.75, 3.05) is 0 Å². The van der Waals surface area contributed by atoms with Crippen molar-refractivity contribution in [1.82, 2.24) is 0 Å². The minimum Gasteiger partial charge on any atom is -0.192 e. The normalized spacial score (nSPS) is 10.3. The highest BCUT2D eigenvalue weighted by Crippen LogP contribution is 2.37. The Hall–Kier alpha value is -4.67. The molecule has 1 nitrogen and oxygen atoms in total. The first-order valence-electron chi connectivity index (χ1n) is 11.4. The molecule has 0 heterocycles.